The lowest BCUT2D eigenvalue weighted by atomic mass is 9.87. The number of amides is 1. The van der Waals surface area contributed by atoms with E-state index in [2.05, 4.69) is 5.32 Å². The minimum atomic E-state index is -4.93. The minimum absolute atomic E-state index is 0.0385. The molecular weight excluding hydrogens is 336 g/mol. The van der Waals surface area contributed by atoms with Gasteiger partial charge in [-0.25, -0.2) is 0 Å². The standard InChI is InChI=1S/C16H17F6NO/c17-15(18,19)11-7-12(16(20,21)22)9-13(8-11)23-14(24)6-10-4-2-1-3-5-10/h7-10H,1-6H2,(H,23,24). The average Bonchev–Trinajstić information content (AvgIpc) is 2.46. The molecule has 0 heterocycles. The summed E-state index contributed by atoms with van der Waals surface area (Å²) in [5.74, 6) is -0.430. The quantitative estimate of drug-likeness (QED) is 0.701. The van der Waals surface area contributed by atoms with Crippen LogP contribution in [0.25, 0.3) is 0 Å². The van der Waals surface area contributed by atoms with Crippen LogP contribution in [0.4, 0.5) is 32.0 Å². The highest BCUT2D eigenvalue weighted by Crippen LogP contribution is 2.37. The van der Waals surface area contributed by atoms with E-state index in [0.29, 0.717) is 12.1 Å². The van der Waals surface area contributed by atoms with Gasteiger partial charge >= 0.3 is 12.4 Å². The summed E-state index contributed by atoms with van der Waals surface area (Å²) in [5.41, 5.74) is -3.37. The molecule has 24 heavy (non-hydrogen) atoms. The smallest absolute Gasteiger partial charge is 0.326 e. The van der Waals surface area contributed by atoms with Crippen LogP contribution < -0.4 is 5.32 Å². The highest BCUT2D eigenvalue weighted by Gasteiger charge is 2.37. The van der Waals surface area contributed by atoms with Crippen molar-refractivity contribution in [3.05, 3.63) is 29.3 Å². The van der Waals surface area contributed by atoms with Crippen LogP contribution in [0.1, 0.15) is 49.7 Å². The van der Waals surface area contributed by atoms with Gasteiger partial charge in [0.05, 0.1) is 11.1 Å². The Balaban J connectivity index is 2.17. The van der Waals surface area contributed by atoms with Gasteiger partial charge in [-0.15, -0.1) is 0 Å². The third-order valence-electron chi connectivity index (χ3n) is 4.07. The number of benzene rings is 1. The number of rotatable bonds is 3. The second-order valence-corrected chi connectivity index (χ2v) is 6.05. The van der Waals surface area contributed by atoms with Gasteiger partial charge in [0, 0.05) is 12.1 Å². The van der Waals surface area contributed by atoms with Crippen molar-refractivity contribution in [2.75, 3.05) is 5.32 Å². The molecule has 1 aromatic carbocycles. The SMILES string of the molecule is O=C(CC1CCCCC1)Nc1cc(C(F)(F)F)cc(C(F)(F)F)c1. The van der Waals surface area contributed by atoms with Crippen LogP contribution in [0.5, 0.6) is 0 Å². The van der Waals surface area contributed by atoms with Gasteiger partial charge in [-0.2, -0.15) is 26.3 Å². The second kappa shape index (κ2) is 7.03. The van der Waals surface area contributed by atoms with Crippen LogP contribution in [0.3, 0.4) is 0 Å². The van der Waals surface area contributed by atoms with Crippen LogP contribution in [-0.2, 0) is 17.1 Å². The summed E-state index contributed by atoms with van der Waals surface area (Å²) in [4.78, 5) is 11.9. The Morgan fingerprint density at radius 2 is 1.42 bits per heavy atom. The summed E-state index contributed by atoms with van der Waals surface area (Å²) in [5, 5.41) is 2.18. The largest absolute Gasteiger partial charge is 0.416 e. The van der Waals surface area contributed by atoms with Gasteiger partial charge in [0.2, 0.25) is 5.91 Å². The van der Waals surface area contributed by atoms with E-state index in [4.69, 9.17) is 0 Å². The summed E-state index contributed by atoms with van der Waals surface area (Å²) in [6.45, 7) is 0. The summed E-state index contributed by atoms with van der Waals surface area (Å²) >= 11 is 0. The summed E-state index contributed by atoms with van der Waals surface area (Å²) in [7, 11) is 0. The zero-order chi connectivity index (χ0) is 18.0. The monoisotopic (exact) mass is 353 g/mol. The highest BCUT2D eigenvalue weighted by atomic mass is 19.4. The molecule has 0 bridgehead atoms. The van der Waals surface area contributed by atoms with Crippen molar-refractivity contribution < 1.29 is 31.1 Å². The fraction of sp³-hybridized carbons (Fsp3) is 0.562. The fourth-order valence-electron chi connectivity index (χ4n) is 2.89. The van der Waals surface area contributed by atoms with E-state index in [-0.39, 0.29) is 18.4 Å². The van der Waals surface area contributed by atoms with Crippen molar-refractivity contribution in [1.82, 2.24) is 0 Å². The molecule has 1 saturated carbocycles. The fourth-order valence-corrected chi connectivity index (χ4v) is 2.89. The number of nitrogens with one attached hydrogen (secondary N) is 1. The summed E-state index contributed by atoms with van der Waals surface area (Å²) in [6, 6.07) is 1.08. The summed E-state index contributed by atoms with van der Waals surface area (Å²) in [6.07, 6.45) is -4.99. The van der Waals surface area contributed by atoms with Crippen LogP contribution in [0.2, 0.25) is 0 Å². The van der Waals surface area contributed by atoms with Crippen molar-refractivity contribution in [3.8, 4) is 0 Å². The molecule has 0 aliphatic heterocycles. The van der Waals surface area contributed by atoms with Crippen LogP contribution in [-0.4, -0.2) is 5.91 Å². The first-order valence-electron chi connectivity index (χ1n) is 7.65. The first-order valence-corrected chi connectivity index (χ1v) is 7.65. The molecule has 134 valence electrons. The van der Waals surface area contributed by atoms with Gasteiger partial charge in [-0.1, -0.05) is 19.3 Å². The molecule has 0 atom stereocenters. The van der Waals surface area contributed by atoms with Gasteiger partial charge in [0.1, 0.15) is 0 Å². The Labute approximate surface area is 135 Å². The lowest BCUT2D eigenvalue weighted by molar-refractivity contribution is -0.143. The number of hydrogen-bond acceptors (Lipinski definition) is 1. The van der Waals surface area contributed by atoms with Gasteiger partial charge in [0.25, 0.3) is 0 Å². The van der Waals surface area contributed by atoms with Crippen LogP contribution in [0.15, 0.2) is 18.2 Å². The maximum atomic E-state index is 12.8. The Bertz CT molecular complexity index is 555. The third kappa shape index (κ3) is 5.14. The first-order chi connectivity index (χ1) is 11.1. The summed E-state index contributed by atoms with van der Waals surface area (Å²) < 4.78 is 76.6. The molecule has 0 spiro atoms. The molecule has 0 aromatic heterocycles. The molecule has 0 saturated heterocycles. The molecule has 0 unspecified atom stereocenters. The number of hydrogen-bond donors (Lipinski definition) is 1. The molecular formula is C16H17F6NO. The van der Waals surface area contributed by atoms with Crippen LogP contribution >= 0.6 is 0 Å². The maximum Gasteiger partial charge on any atom is 0.416 e. The topological polar surface area (TPSA) is 29.1 Å². The van der Waals surface area contributed by atoms with E-state index in [1.807, 2.05) is 0 Å². The Hall–Kier alpha value is -1.73. The maximum absolute atomic E-state index is 12.8. The second-order valence-electron chi connectivity index (χ2n) is 6.05. The molecule has 1 aliphatic carbocycles. The van der Waals surface area contributed by atoms with Crippen molar-refractivity contribution >= 4 is 11.6 Å². The van der Waals surface area contributed by atoms with Crippen molar-refractivity contribution in [3.63, 3.8) is 0 Å². The Kier molecular flexibility index (Phi) is 5.45. The zero-order valence-electron chi connectivity index (χ0n) is 12.7. The van der Waals surface area contributed by atoms with Gasteiger partial charge in [-0.3, -0.25) is 4.79 Å². The first kappa shape index (κ1) is 18.6. The molecule has 2 nitrogen and oxygen atoms in total. The van der Waals surface area contributed by atoms with E-state index in [1.165, 1.54) is 0 Å². The van der Waals surface area contributed by atoms with Gasteiger partial charge < -0.3 is 5.32 Å². The molecule has 8 heteroatoms. The average molecular weight is 353 g/mol. The van der Waals surface area contributed by atoms with E-state index in [0.717, 1.165) is 32.1 Å². The minimum Gasteiger partial charge on any atom is -0.326 e. The van der Waals surface area contributed by atoms with E-state index < -0.39 is 35.1 Å². The predicted molar refractivity (Wildman–Crippen MR) is 76.3 cm³/mol. The van der Waals surface area contributed by atoms with E-state index >= 15 is 0 Å². The number of alkyl halides is 6. The highest BCUT2D eigenvalue weighted by molar-refractivity contribution is 5.91. The molecule has 1 amide bonds. The van der Waals surface area contributed by atoms with E-state index in [1.54, 1.807) is 0 Å². The Morgan fingerprint density at radius 1 is 0.917 bits per heavy atom. The number of anilines is 1. The number of halogens is 6. The molecule has 1 fully saturated rings. The molecule has 0 radical (unpaired) electrons. The Morgan fingerprint density at radius 3 is 1.88 bits per heavy atom. The third-order valence-corrected chi connectivity index (χ3v) is 4.07. The normalized spacial score (nSPS) is 16.9. The van der Waals surface area contributed by atoms with Crippen molar-refractivity contribution in [2.24, 2.45) is 5.92 Å². The number of carbonyl (C=O) groups is 1. The van der Waals surface area contributed by atoms with Crippen molar-refractivity contribution in [1.29, 1.82) is 0 Å². The zero-order valence-corrected chi connectivity index (χ0v) is 12.7. The van der Waals surface area contributed by atoms with Crippen LogP contribution in [0, 0.1) is 5.92 Å². The van der Waals surface area contributed by atoms with Gasteiger partial charge in [-0.05, 0) is 37.0 Å². The lowest BCUT2D eigenvalue weighted by Gasteiger charge is -2.21. The van der Waals surface area contributed by atoms with Gasteiger partial charge in [0.15, 0.2) is 0 Å². The number of carbonyl (C=O) groups excluding carboxylic acids is 1. The lowest BCUT2D eigenvalue weighted by Crippen LogP contribution is -2.19. The predicted octanol–water partition coefficient (Wildman–Crippen LogP) is 5.63. The molecule has 1 N–H and O–H groups in total. The van der Waals surface area contributed by atoms with Crippen molar-refractivity contribution in [2.45, 2.75) is 50.9 Å². The molecule has 1 aliphatic rings. The molecule has 2 rings (SSSR count). The van der Waals surface area contributed by atoms with E-state index in [9.17, 15) is 31.1 Å². The molecule has 1 aromatic rings.